The molecule has 0 bridgehead atoms. The largest absolute Gasteiger partial charge is 0.870 e. The lowest BCUT2D eigenvalue weighted by Crippen LogP contribution is -2.40. The van der Waals surface area contributed by atoms with Crippen molar-refractivity contribution in [3.05, 3.63) is 60.7 Å². The second-order valence-electron chi connectivity index (χ2n) is 6.35. The minimum Gasteiger partial charge on any atom is -0.870 e. The van der Waals surface area contributed by atoms with Crippen molar-refractivity contribution in [3.63, 3.8) is 0 Å². The summed E-state index contributed by atoms with van der Waals surface area (Å²) in [6.45, 7) is 3.44. The molecule has 2 heteroatoms. The molecule has 126 valence electrons. The second-order valence-corrected chi connectivity index (χ2v) is 6.35. The molecule has 0 aliphatic carbocycles. The van der Waals surface area contributed by atoms with Crippen LogP contribution in [0.3, 0.4) is 0 Å². The zero-order chi connectivity index (χ0) is 15.7. The summed E-state index contributed by atoms with van der Waals surface area (Å²) < 4.78 is 0.898. The maximum Gasteiger partial charge on any atom is 0.137 e. The molecular formula is C21H31NO. The molecule has 2 aromatic rings. The third-order valence-corrected chi connectivity index (χ3v) is 4.61. The van der Waals surface area contributed by atoms with E-state index in [9.17, 15) is 0 Å². The molecule has 0 aliphatic heterocycles. The van der Waals surface area contributed by atoms with Crippen molar-refractivity contribution in [2.75, 3.05) is 13.6 Å². The average Bonchev–Trinajstić information content (AvgIpc) is 2.59. The molecule has 0 amide bonds. The van der Waals surface area contributed by atoms with Gasteiger partial charge < -0.3 is 5.48 Å². The van der Waals surface area contributed by atoms with Crippen LogP contribution in [0.5, 0.6) is 0 Å². The van der Waals surface area contributed by atoms with E-state index in [-0.39, 0.29) is 5.48 Å². The van der Waals surface area contributed by atoms with E-state index in [2.05, 4.69) is 74.6 Å². The molecule has 0 aliphatic rings. The Kier molecular flexibility index (Phi) is 8.60. The van der Waals surface area contributed by atoms with Gasteiger partial charge in [0.1, 0.15) is 11.4 Å². The quantitative estimate of drug-likeness (QED) is 0.404. The van der Waals surface area contributed by atoms with Gasteiger partial charge in [-0.3, -0.25) is 4.48 Å². The van der Waals surface area contributed by atoms with Crippen molar-refractivity contribution in [1.82, 2.24) is 4.48 Å². The molecule has 2 aromatic carbocycles. The Bertz CT molecular complexity index is 485. The van der Waals surface area contributed by atoms with Crippen LogP contribution >= 0.6 is 0 Å². The molecule has 23 heavy (non-hydrogen) atoms. The third kappa shape index (κ3) is 5.49. The summed E-state index contributed by atoms with van der Waals surface area (Å²) in [5.41, 5.74) is 2.75. The highest BCUT2D eigenvalue weighted by Crippen LogP contribution is 2.32. The number of nitrogens with zero attached hydrogens (tertiary/aromatic N) is 1. The SMILES string of the molecule is CCCCCCCC[N+](C)(c1ccccc1)c1ccccc1.[OH-]. The molecule has 2 rings (SSSR count). The van der Waals surface area contributed by atoms with Gasteiger partial charge in [-0.05, 0) is 37.1 Å². The smallest absolute Gasteiger partial charge is 0.137 e. The van der Waals surface area contributed by atoms with Crippen LogP contribution in [0.15, 0.2) is 60.7 Å². The maximum absolute atomic E-state index is 2.34. The van der Waals surface area contributed by atoms with Crippen LogP contribution in [0.2, 0.25) is 0 Å². The molecule has 0 spiro atoms. The summed E-state index contributed by atoms with van der Waals surface area (Å²) in [4.78, 5) is 0. The van der Waals surface area contributed by atoms with Crippen molar-refractivity contribution in [2.45, 2.75) is 45.4 Å². The monoisotopic (exact) mass is 313 g/mol. The first-order chi connectivity index (χ1) is 10.8. The highest BCUT2D eigenvalue weighted by molar-refractivity contribution is 5.57. The molecule has 0 fully saturated rings. The minimum atomic E-state index is 0. The van der Waals surface area contributed by atoms with Crippen molar-refractivity contribution in [3.8, 4) is 0 Å². The van der Waals surface area contributed by atoms with E-state index in [1.807, 2.05) is 0 Å². The van der Waals surface area contributed by atoms with E-state index in [0.29, 0.717) is 0 Å². The van der Waals surface area contributed by atoms with Gasteiger partial charge in [0.25, 0.3) is 0 Å². The number of hydrogen-bond acceptors (Lipinski definition) is 1. The van der Waals surface area contributed by atoms with Gasteiger partial charge in [0.15, 0.2) is 0 Å². The van der Waals surface area contributed by atoms with Crippen molar-refractivity contribution < 1.29 is 5.48 Å². The number of rotatable bonds is 9. The number of hydrogen-bond donors (Lipinski definition) is 0. The topological polar surface area (TPSA) is 30.0 Å². The standard InChI is InChI=1S/C21H30N.H2O/c1-3-4-5-6-7-14-19-22(2,20-15-10-8-11-16-20)21-17-12-9-13-18-21;/h8-13,15-18H,3-7,14,19H2,1-2H3;1H2/q+1;/p-1. The number of benzene rings is 2. The van der Waals surface area contributed by atoms with Gasteiger partial charge in [-0.25, -0.2) is 0 Å². The molecule has 0 heterocycles. The summed E-state index contributed by atoms with van der Waals surface area (Å²) in [6, 6.07) is 21.8. The van der Waals surface area contributed by atoms with Gasteiger partial charge in [-0.2, -0.15) is 0 Å². The molecule has 0 radical (unpaired) electrons. The molecule has 0 saturated heterocycles. The summed E-state index contributed by atoms with van der Waals surface area (Å²) in [6.07, 6.45) is 8.08. The molecule has 0 unspecified atom stereocenters. The van der Waals surface area contributed by atoms with Crippen LogP contribution in [-0.2, 0) is 0 Å². The summed E-state index contributed by atoms with van der Waals surface area (Å²) in [7, 11) is 2.34. The van der Waals surface area contributed by atoms with Crippen LogP contribution in [0.1, 0.15) is 45.4 Å². The van der Waals surface area contributed by atoms with Crippen LogP contribution in [0, 0.1) is 0 Å². The maximum atomic E-state index is 2.34. The predicted octanol–water partition coefficient (Wildman–Crippen LogP) is 6.14. The Hall–Kier alpha value is -1.64. The lowest BCUT2D eigenvalue weighted by molar-refractivity contribution is 0.430. The van der Waals surface area contributed by atoms with Crippen molar-refractivity contribution >= 4 is 11.4 Å². The van der Waals surface area contributed by atoms with Gasteiger partial charge in [0.05, 0.1) is 13.6 Å². The highest BCUT2D eigenvalue weighted by Gasteiger charge is 2.26. The fourth-order valence-electron chi connectivity index (χ4n) is 3.13. The molecule has 0 aromatic heterocycles. The average molecular weight is 313 g/mol. The normalized spacial score (nSPS) is 11.0. The molecule has 1 N–H and O–H groups in total. The first kappa shape index (κ1) is 19.4. The Labute approximate surface area is 141 Å². The van der Waals surface area contributed by atoms with Crippen LogP contribution in [0.4, 0.5) is 11.4 Å². The number of quaternary nitrogens is 1. The Morgan fingerprint density at radius 3 is 1.57 bits per heavy atom. The number of para-hydroxylation sites is 2. The van der Waals surface area contributed by atoms with Gasteiger partial charge in [-0.1, -0.05) is 69.0 Å². The molecule has 2 nitrogen and oxygen atoms in total. The van der Waals surface area contributed by atoms with E-state index in [1.54, 1.807) is 0 Å². The zero-order valence-electron chi connectivity index (χ0n) is 14.6. The van der Waals surface area contributed by atoms with E-state index in [0.717, 1.165) is 4.48 Å². The van der Waals surface area contributed by atoms with Crippen molar-refractivity contribution in [2.24, 2.45) is 0 Å². The minimum absolute atomic E-state index is 0. The Morgan fingerprint density at radius 1 is 0.652 bits per heavy atom. The fraction of sp³-hybridized carbons (Fsp3) is 0.429. The molecular weight excluding hydrogens is 282 g/mol. The first-order valence-electron chi connectivity index (χ1n) is 8.74. The summed E-state index contributed by atoms with van der Waals surface area (Å²) in [5, 5.41) is 0. The molecule has 0 saturated carbocycles. The van der Waals surface area contributed by atoms with Crippen molar-refractivity contribution in [1.29, 1.82) is 0 Å². The lowest BCUT2D eigenvalue weighted by Gasteiger charge is -2.33. The van der Waals surface area contributed by atoms with Gasteiger partial charge in [0.2, 0.25) is 0 Å². The summed E-state index contributed by atoms with van der Waals surface area (Å²) in [5.74, 6) is 0. The number of unbranched alkanes of at least 4 members (excludes halogenated alkanes) is 5. The van der Waals surface area contributed by atoms with E-state index in [1.165, 1.54) is 56.4 Å². The van der Waals surface area contributed by atoms with Gasteiger partial charge in [-0.15, -0.1) is 0 Å². The first-order valence-corrected chi connectivity index (χ1v) is 8.74. The zero-order valence-corrected chi connectivity index (χ0v) is 14.6. The van der Waals surface area contributed by atoms with Crippen LogP contribution in [-0.4, -0.2) is 19.1 Å². The molecule has 0 atom stereocenters. The fourth-order valence-corrected chi connectivity index (χ4v) is 3.13. The van der Waals surface area contributed by atoms with Crippen LogP contribution in [0.25, 0.3) is 0 Å². The van der Waals surface area contributed by atoms with Gasteiger partial charge >= 0.3 is 0 Å². The van der Waals surface area contributed by atoms with E-state index in [4.69, 9.17) is 0 Å². The second kappa shape index (κ2) is 10.2. The predicted molar refractivity (Wildman–Crippen MR) is 100 cm³/mol. The summed E-state index contributed by atoms with van der Waals surface area (Å²) >= 11 is 0. The lowest BCUT2D eigenvalue weighted by atomic mass is 10.1. The highest BCUT2D eigenvalue weighted by atomic mass is 16.0. The third-order valence-electron chi connectivity index (χ3n) is 4.61. The van der Waals surface area contributed by atoms with Gasteiger partial charge in [0, 0.05) is 0 Å². The van der Waals surface area contributed by atoms with Crippen LogP contribution < -0.4 is 4.48 Å². The van der Waals surface area contributed by atoms with E-state index >= 15 is 0 Å². The Balaban J connectivity index is 0.00000264. The van der Waals surface area contributed by atoms with E-state index < -0.39 is 0 Å². The Morgan fingerprint density at radius 2 is 1.09 bits per heavy atom.